The number of nitrogens with zero attached hydrogens (tertiary/aromatic N) is 4. The van der Waals surface area contributed by atoms with Crippen molar-refractivity contribution in [1.29, 1.82) is 0 Å². The van der Waals surface area contributed by atoms with Gasteiger partial charge in [-0.05, 0) is 13.5 Å². The maximum absolute atomic E-state index is 5.14. The van der Waals surface area contributed by atoms with Gasteiger partial charge in [-0.1, -0.05) is 12.1 Å². The van der Waals surface area contributed by atoms with Crippen LogP contribution >= 0.6 is 11.3 Å². The van der Waals surface area contributed by atoms with Crippen LogP contribution < -0.4 is 0 Å². The van der Waals surface area contributed by atoms with Crippen LogP contribution in [-0.4, -0.2) is 27.1 Å². The monoisotopic (exact) mass is 252 g/mol. The lowest BCUT2D eigenvalue weighted by Crippen LogP contribution is -2.17. The van der Waals surface area contributed by atoms with Crippen LogP contribution in [0.5, 0.6) is 0 Å². The average molecular weight is 252 g/mol. The second kappa shape index (κ2) is 5.88. The molecule has 0 unspecified atom stereocenters. The Morgan fingerprint density at radius 1 is 1.41 bits per heavy atom. The van der Waals surface area contributed by atoms with E-state index in [2.05, 4.69) is 26.9 Å². The lowest BCUT2D eigenvalue weighted by atomic mass is 10.3. The van der Waals surface area contributed by atoms with Gasteiger partial charge in [0.05, 0.1) is 12.1 Å². The van der Waals surface area contributed by atoms with Gasteiger partial charge < -0.3 is 4.52 Å². The maximum atomic E-state index is 5.14. The molecule has 17 heavy (non-hydrogen) atoms. The Balaban J connectivity index is 1.86. The van der Waals surface area contributed by atoms with Gasteiger partial charge in [0.1, 0.15) is 0 Å². The molecule has 0 aliphatic carbocycles. The predicted octanol–water partition coefficient (Wildman–Crippen LogP) is 2.11. The van der Waals surface area contributed by atoms with Gasteiger partial charge in [-0.25, -0.2) is 0 Å². The van der Waals surface area contributed by atoms with E-state index in [1.165, 1.54) is 4.88 Å². The molecule has 5 nitrogen and oxygen atoms in total. The zero-order chi connectivity index (χ0) is 12.1. The first-order valence-electron chi connectivity index (χ1n) is 5.65. The molecule has 0 N–H and O–H groups in total. The minimum Gasteiger partial charge on any atom is -0.339 e. The van der Waals surface area contributed by atoms with E-state index in [0.717, 1.165) is 31.1 Å². The zero-order valence-electron chi connectivity index (χ0n) is 10.1. The van der Waals surface area contributed by atoms with Crippen molar-refractivity contribution in [2.45, 2.75) is 32.9 Å². The summed E-state index contributed by atoms with van der Waals surface area (Å²) in [4.78, 5) is 11.8. The first-order chi connectivity index (χ1) is 8.28. The quantitative estimate of drug-likeness (QED) is 0.788. The van der Waals surface area contributed by atoms with Crippen LogP contribution in [0.1, 0.15) is 29.9 Å². The lowest BCUT2D eigenvalue weighted by molar-refractivity contribution is 0.301. The fourth-order valence-corrected chi connectivity index (χ4v) is 2.23. The number of hydrogen-bond donors (Lipinski definition) is 0. The minimum atomic E-state index is 0.700. The summed E-state index contributed by atoms with van der Waals surface area (Å²) in [6.45, 7) is 3.66. The van der Waals surface area contributed by atoms with Crippen LogP contribution in [0.15, 0.2) is 16.2 Å². The molecule has 0 saturated carbocycles. The lowest BCUT2D eigenvalue weighted by Gasteiger charge is -2.11. The molecule has 2 rings (SSSR count). The summed E-state index contributed by atoms with van der Waals surface area (Å²) in [6, 6.07) is 0. The summed E-state index contributed by atoms with van der Waals surface area (Å²) in [5.74, 6) is 1.48. The molecule has 0 bridgehead atoms. The largest absolute Gasteiger partial charge is 0.339 e. The van der Waals surface area contributed by atoms with Gasteiger partial charge in [-0.2, -0.15) is 4.98 Å². The first kappa shape index (κ1) is 12.2. The Bertz CT molecular complexity index is 440. The summed E-state index contributed by atoms with van der Waals surface area (Å²) in [6.07, 6.45) is 3.77. The molecule has 92 valence electrons. The number of rotatable bonds is 6. The van der Waals surface area contributed by atoms with Crippen LogP contribution in [0.3, 0.4) is 0 Å². The van der Waals surface area contributed by atoms with Gasteiger partial charge in [0, 0.05) is 24.0 Å². The van der Waals surface area contributed by atoms with E-state index in [1.807, 2.05) is 18.8 Å². The minimum absolute atomic E-state index is 0.700. The third kappa shape index (κ3) is 3.61. The molecule has 0 aromatic carbocycles. The molecule has 0 atom stereocenters. The fourth-order valence-electron chi connectivity index (χ4n) is 1.55. The summed E-state index contributed by atoms with van der Waals surface area (Å²) < 4.78 is 5.14. The van der Waals surface area contributed by atoms with Gasteiger partial charge in [0.2, 0.25) is 5.89 Å². The van der Waals surface area contributed by atoms with Crippen LogP contribution in [0, 0.1) is 0 Å². The number of aromatic nitrogens is 3. The molecule has 6 heteroatoms. The zero-order valence-corrected chi connectivity index (χ0v) is 10.9. The van der Waals surface area contributed by atoms with E-state index < -0.39 is 0 Å². The van der Waals surface area contributed by atoms with E-state index >= 15 is 0 Å². The fraction of sp³-hybridized carbons (Fsp3) is 0.545. The maximum Gasteiger partial charge on any atom is 0.226 e. The van der Waals surface area contributed by atoms with Gasteiger partial charge in [-0.3, -0.25) is 9.88 Å². The molecule has 0 radical (unpaired) electrons. The Hall–Kier alpha value is -1.27. The topological polar surface area (TPSA) is 55.1 Å². The Morgan fingerprint density at radius 3 is 3.00 bits per heavy atom. The average Bonchev–Trinajstić information content (AvgIpc) is 2.91. The predicted molar refractivity (Wildman–Crippen MR) is 65.6 cm³/mol. The molecule has 2 heterocycles. The number of aryl methyl sites for hydroxylation is 1. The molecule has 0 aliphatic rings. The molecule has 0 spiro atoms. The molecular weight excluding hydrogens is 236 g/mol. The highest BCUT2D eigenvalue weighted by Gasteiger charge is 2.09. The van der Waals surface area contributed by atoms with E-state index in [4.69, 9.17) is 4.52 Å². The Morgan fingerprint density at radius 2 is 2.29 bits per heavy atom. The number of thiazole rings is 1. The summed E-state index contributed by atoms with van der Waals surface area (Å²) >= 11 is 1.66. The third-order valence-electron chi connectivity index (χ3n) is 2.29. The standard InChI is InChI=1S/C11H16N4OS/c1-3-4-11-13-10(14-16-11)7-15(2)6-9-5-12-8-17-9/h5,8H,3-4,6-7H2,1-2H3. The Kier molecular flexibility index (Phi) is 4.22. The van der Waals surface area contributed by atoms with Crippen LogP contribution in [-0.2, 0) is 19.5 Å². The van der Waals surface area contributed by atoms with Crippen LogP contribution in [0.2, 0.25) is 0 Å². The van der Waals surface area contributed by atoms with Crippen molar-refractivity contribution in [3.05, 3.63) is 28.3 Å². The second-order valence-corrected chi connectivity index (χ2v) is 4.97. The highest BCUT2D eigenvalue weighted by Crippen LogP contribution is 2.10. The molecule has 0 amide bonds. The van der Waals surface area contributed by atoms with Crippen LogP contribution in [0.25, 0.3) is 0 Å². The number of hydrogen-bond acceptors (Lipinski definition) is 6. The Labute approximate surface area is 104 Å². The van der Waals surface area contributed by atoms with Crippen molar-refractivity contribution in [1.82, 2.24) is 20.0 Å². The third-order valence-corrected chi connectivity index (χ3v) is 3.06. The molecule has 2 aromatic rings. The van der Waals surface area contributed by atoms with Crippen molar-refractivity contribution >= 4 is 11.3 Å². The van der Waals surface area contributed by atoms with Crippen LogP contribution in [0.4, 0.5) is 0 Å². The van der Waals surface area contributed by atoms with Gasteiger partial charge in [0.15, 0.2) is 5.82 Å². The van der Waals surface area contributed by atoms with E-state index in [1.54, 1.807) is 11.3 Å². The van der Waals surface area contributed by atoms with Crippen molar-refractivity contribution in [2.75, 3.05) is 7.05 Å². The smallest absolute Gasteiger partial charge is 0.226 e. The van der Waals surface area contributed by atoms with Gasteiger partial charge in [0.25, 0.3) is 0 Å². The summed E-state index contributed by atoms with van der Waals surface area (Å²) in [7, 11) is 2.04. The summed E-state index contributed by atoms with van der Waals surface area (Å²) in [5.41, 5.74) is 1.84. The molecule has 0 aliphatic heterocycles. The SMILES string of the molecule is CCCc1nc(CN(C)Cc2cncs2)no1. The van der Waals surface area contributed by atoms with Crippen molar-refractivity contribution < 1.29 is 4.52 Å². The second-order valence-electron chi connectivity index (χ2n) is 3.99. The van der Waals surface area contributed by atoms with Crippen molar-refractivity contribution in [2.24, 2.45) is 0 Å². The van der Waals surface area contributed by atoms with Gasteiger partial charge >= 0.3 is 0 Å². The molecule has 2 aromatic heterocycles. The summed E-state index contributed by atoms with van der Waals surface area (Å²) in [5, 5.41) is 3.96. The van der Waals surface area contributed by atoms with E-state index in [-0.39, 0.29) is 0 Å². The van der Waals surface area contributed by atoms with Crippen molar-refractivity contribution in [3.63, 3.8) is 0 Å². The van der Waals surface area contributed by atoms with Crippen molar-refractivity contribution in [3.8, 4) is 0 Å². The van der Waals surface area contributed by atoms with Gasteiger partial charge in [-0.15, -0.1) is 11.3 Å². The normalized spacial score (nSPS) is 11.2. The van der Waals surface area contributed by atoms with E-state index in [0.29, 0.717) is 6.54 Å². The van der Waals surface area contributed by atoms with E-state index in [9.17, 15) is 0 Å². The highest BCUT2D eigenvalue weighted by molar-refractivity contribution is 7.09. The molecule has 0 fully saturated rings. The first-order valence-corrected chi connectivity index (χ1v) is 6.53. The molecule has 0 saturated heterocycles. The molecular formula is C11H16N4OS. The highest BCUT2D eigenvalue weighted by atomic mass is 32.1.